The summed E-state index contributed by atoms with van der Waals surface area (Å²) < 4.78 is 5.61. The molecule has 0 aliphatic carbocycles. The monoisotopic (exact) mass is 222 g/mol. The van der Waals surface area contributed by atoms with Gasteiger partial charge in [0.05, 0.1) is 5.60 Å². The molecule has 3 nitrogen and oxygen atoms in total. The molecule has 1 N–H and O–H groups in total. The van der Waals surface area contributed by atoms with Crippen LogP contribution in [0.2, 0.25) is 0 Å². The molecule has 0 aliphatic rings. The highest BCUT2D eigenvalue weighted by molar-refractivity contribution is 5.09. The van der Waals surface area contributed by atoms with Crippen molar-refractivity contribution in [2.24, 2.45) is 0 Å². The van der Waals surface area contributed by atoms with Gasteiger partial charge in [0, 0.05) is 25.5 Å². The molecule has 90 valence electrons. The molecule has 0 spiro atoms. The normalized spacial score (nSPS) is 11.7. The zero-order valence-corrected chi connectivity index (χ0v) is 10.5. The maximum absolute atomic E-state index is 5.61. The maximum Gasteiger partial charge on any atom is 0.0750 e. The molecule has 1 heterocycles. The first-order valence-electron chi connectivity index (χ1n) is 5.87. The number of ether oxygens (including phenoxy) is 1. The number of pyridine rings is 1. The topological polar surface area (TPSA) is 34.1 Å². The fourth-order valence-electron chi connectivity index (χ4n) is 1.61. The summed E-state index contributed by atoms with van der Waals surface area (Å²) >= 11 is 0. The minimum Gasteiger partial charge on any atom is -0.375 e. The van der Waals surface area contributed by atoms with Gasteiger partial charge in [-0.25, -0.2) is 0 Å². The summed E-state index contributed by atoms with van der Waals surface area (Å²) in [6.07, 6.45) is 4.70. The van der Waals surface area contributed by atoms with Gasteiger partial charge in [0.25, 0.3) is 0 Å². The lowest BCUT2D eigenvalue weighted by Crippen LogP contribution is -2.38. The van der Waals surface area contributed by atoms with E-state index in [1.807, 2.05) is 19.3 Å². The van der Waals surface area contributed by atoms with E-state index in [-0.39, 0.29) is 5.60 Å². The predicted octanol–water partition coefficient (Wildman–Crippen LogP) is 2.03. The SMILES string of the molecule is CCOC(C)(C)CNCCc1ccncc1. The number of hydrogen-bond acceptors (Lipinski definition) is 3. The lowest BCUT2D eigenvalue weighted by Gasteiger charge is -2.25. The molecule has 0 aromatic carbocycles. The van der Waals surface area contributed by atoms with E-state index >= 15 is 0 Å². The Hall–Kier alpha value is -0.930. The molecule has 0 bridgehead atoms. The molecule has 0 amide bonds. The van der Waals surface area contributed by atoms with Gasteiger partial charge in [-0.05, 0) is 51.4 Å². The quantitative estimate of drug-likeness (QED) is 0.717. The Balaban J connectivity index is 2.17. The number of nitrogens with one attached hydrogen (secondary N) is 1. The molecule has 0 aliphatic heterocycles. The second kappa shape index (κ2) is 6.61. The van der Waals surface area contributed by atoms with Crippen LogP contribution in [0.4, 0.5) is 0 Å². The van der Waals surface area contributed by atoms with Crippen LogP contribution < -0.4 is 5.32 Å². The van der Waals surface area contributed by atoms with Crippen LogP contribution in [0.15, 0.2) is 24.5 Å². The summed E-state index contributed by atoms with van der Waals surface area (Å²) in [4.78, 5) is 4.00. The third-order valence-corrected chi connectivity index (χ3v) is 2.43. The van der Waals surface area contributed by atoms with E-state index in [1.165, 1.54) is 5.56 Å². The smallest absolute Gasteiger partial charge is 0.0750 e. The Labute approximate surface area is 98.2 Å². The molecule has 3 heteroatoms. The average Bonchev–Trinajstić information content (AvgIpc) is 2.26. The van der Waals surface area contributed by atoms with Crippen LogP contribution in [0.25, 0.3) is 0 Å². The lowest BCUT2D eigenvalue weighted by atomic mass is 10.1. The Kier molecular flexibility index (Phi) is 5.43. The standard InChI is InChI=1S/C13H22N2O/c1-4-16-13(2,3)11-15-10-7-12-5-8-14-9-6-12/h5-6,8-9,15H,4,7,10-11H2,1-3H3. The number of hydrogen-bond donors (Lipinski definition) is 1. The summed E-state index contributed by atoms with van der Waals surface area (Å²) in [5.41, 5.74) is 1.24. The summed E-state index contributed by atoms with van der Waals surface area (Å²) in [6, 6.07) is 4.10. The number of aromatic nitrogens is 1. The van der Waals surface area contributed by atoms with E-state index in [1.54, 1.807) is 0 Å². The van der Waals surface area contributed by atoms with E-state index < -0.39 is 0 Å². The molecule has 0 atom stereocenters. The minimum absolute atomic E-state index is 0.0764. The van der Waals surface area contributed by atoms with Crippen molar-refractivity contribution in [2.45, 2.75) is 32.8 Å². The molecular formula is C13H22N2O. The minimum atomic E-state index is -0.0764. The molecule has 0 saturated carbocycles. The van der Waals surface area contributed by atoms with E-state index in [2.05, 4.69) is 36.3 Å². The van der Waals surface area contributed by atoms with Gasteiger partial charge in [0.1, 0.15) is 0 Å². The van der Waals surface area contributed by atoms with Gasteiger partial charge in [0.15, 0.2) is 0 Å². The van der Waals surface area contributed by atoms with Crippen molar-refractivity contribution < 1.29 is 4.74 Å². The highest BCUT2D eigenvalue weighted by Crippen LogP contribution is 2.06. The summed E-state index contributed by atoms with van der Waals surface area (Å²) in [5.74, 6) is 0. The van der Waals surface area contributed by atoms with Crippen LogP contribution >= 0.6 is 0 Å². The van der Waals surface area contributed by atoms with Gasteiger partial charge < -0.3 is 10.1 Å². The first-order valence-corrected chi connectivity index (χ1v) is 5.87. The van der Waals surface area contributed by atoms with Gasteiger partial charge in [-0.15, -0.1) is 0 Å². The van der Waals surface area contributed by atoms with Crippen molar-refractivity contribution >= 4 is 0 Å². The maximum atomic E-state index is 5.61. The highest BCUT2D eigenvalue weighted by Gasteiger charge is 2.16. The van der Waals surface area contributed by atoms with Gasteiger partial charge in [-0.2, -0.15) is 0 Å². The van der Waals surface area contributed by atoms with Crippen molar-refractivity contribution in [1.29, 1.82) is 0 Å². The second-order valence-corrected chi connectivity index (χ2v) is 4.47. The molecule has 1 aromatic heterocycles. The van der Waals surface area contributed by atoms with Gasteiger partial charge >= 0.3 is 0 Å². The first-order chi connectivity index (χ1) is 7.64. The van der Waals surface area contributed by atoms with Crippen molar-refractivity contribution in [3.8, 4) is 0 Å². The fourth-order valence-corrected chi connectivity index (χ4v) is 1.61. The second-order valence-electron chi connectivity index (χ2n) is 4.47. The van der Waals surface area contributed by atoms with E-state index in [0.717, 1.165) is 26.1 Å². The zero-order chi connectivity index (χ0) is 11.9. The summed E-state index contributed by atoms with van der Waals surface area (Å²) in [5, 5.41) is 3.41. The van der Waals surface area contributed by atoms with Crippen molar-refractivity contribution in [3.63, 3.8) is 0 Å². The van der Waals surface area contributed by atoms with Crippen molar-refractivity contribution in [3.05, 3.63) is 30.1 Å². The number of rotatable bonds is 7. The largest absolute Gasteiger partial charge is 0.375 e. The van der Waals surface area contributed by atoms with Gasteiger partial charge in [-0.1, -0.05) is 0 Å². The van der Waals surface area contributed by atoms with E-state index in [4.69, 9.17) is 4.74 Å². The fraction of sp³-hybridized carbons (Fsp3) is 0.615. The highest BCUT2D eigenvalue weighted by atomic mass is 16.5. The van der Waals surface area contributed by atoms with Crippen LogP contribution in [0.1, 0.15) is 26.3 Å². The third-order valence-electron chi connectivity index (χ3n) is 2.43. The van der Waals surface area contributed by atoms with Crippen LogP contribution in [-0.2, 0) is 11.2 Å². The zero-order valence-electron chi connectivity index (χ0n) is 10.5. The van der Waals surface area contributed by atoms with Gasteiger partial charge in [0.2, 0.25) is 0 Å². The first kappa shape index (κ1) is 13.1. The number of nitrogens with zero attached hydrogens (tertiary/aromatic N) is 1. The van der Waals surface area contributed by atoms with Crippen LogP contribution in [0.3, 0.4) is 0 Å². The van der Waals surface area contributed by atoms with Crippen molar-refractivity contribution in [2.75, 3.05) is 19.7 Å². The van der Waals surface area contributed by atoms with Crippen molar-refractivity contribution in [1.82, 2.24) is 10.3 Å². The molecule has 0 fully saturated rings. The molecule has 0 saturated heterocycles. The summed E-state index contributed by atoms with van der Waals surface area (Å²) in [7, 11) is 0. The Morgan fingerprint density at radius 2 is 2.00 bits per heavy atom. The molecule has 0 unspecified atom stereocenters. The van der Waals surface area contributed by atoms with E-state index in [9.17, 15) is 0 Å². The average molecular weight is 222 g/mol. The lowest BCUT2D eigenvalue weighted by molar-refractivity contribution is -0.00857. The van der Waals surface area contributed by atoms with Crippen LogP contribution in [0.5, 0.6) is 0 Å². The third kappa shape index (κ3) is 5.24. The molecular weight excluding hydrogens is 200 g/mol. The molecule has 0 radical (unpaired) electrons. The van der Waals surface area contributed by atoms with E-state index in [0.29, 0.717) is 0 Å². The predicted molar refractivity (Wildman–Crippen MR) is 66.5 cm³/mol. The molecule has 1 rings (SSSR count). The molecule has 1 aromatic rings. The van der Waals surface area contributed by atoms with Crippen LogP contribution in [-0.4, -0.2) is 30.3 Å². The summed E-state index contributed by atoms with van der Waals surface area (Å²) in [6.45, 7) is 8.86. The Morgan fingerprint density at radius 1 is 1.31 bits per heavy atom. The Morgan fingerprint density at radius 3 is 2.62 bits per heavy atom. The van der Waals surface area contributed by atoms with Crippen LogP contribution in [0, 0.1) is 0 Å². The van der Waals surface area contributed by atoms with Gasteiger partial charge in [-0.3, -0.25) is 4.98 Å². The molecule has 16 heavy (non-hydrogen) atoms. The Bertz CT molecular complexity index is 285.